The topological polar surface area (TPSA) is 26.3 Å². The van der Waals surface area contributed by atoms with Crippen LogP contribution in [0.5, 0.6) is 0 Å². The summed E-state index contributed by atoms with van der Waals surface area (Å²) in [5, 5.41) is 9.46. The molecule has 0 saturated heterocycles. The third-order valence-electron chi connectivity index (χ3n) is 10.7. The second-order valence-electron chi connectivity index (χ2n) is 13.5. The largest absolute Gasteiger partial charge is 0.456 e. The van der Waals surface area contributed by atoms with Crippen LogP contribution in [0.25, 0.3) is 110 Å². The molecule has 0 amide bonds. The zero-order valence-corrected chi connectivity index (χ0v) is 28.1. The van der Waals surface area contributed by atoms with Gasteiger partial charge >= 0.3 is 0 Å². The van der Waals surface area contributed by atoms with Crippen molar-refractivity contribution in [3.05, 3.63) is 182 Å². The van der Waals surface area contributed by atoms with E-state index in [2.05, 4.69) is 158 Å². The Morgan fingerprint density at radius 2 is 0.712 bits per heavy atom. The van der Waals surface area contributed by atoms with Gasteiger partial charge in [-0.05, 0) is 84.8 Å². The molecule has 52 heavy (non-hydrogen) atoms. The molecule has 9 aromatic carbocycles. The molecule has 11 rings (SSSR count). The predicted molar refractivity (Wildman–Crippen MR) is 218 cm³/mol. The summed E-state index contributed by atoms with van der Waals surface area (Å²) < 4.78 is 13.0. The molecule has 0 bridgehead atoms. The number of para-hydroxylation sites is 2. The van der Waals surface area contributed by atoms with Crippen molar-refractivity contribution in [1.82, 2.24) is 0 Å². The zero-order chi connectivity index (χ0) is 34.2. The molecular formula is C50H30O2. The van der Waals surface area contributed by atoms with E-state index in [0.717, 1.165) is 66.1 Å². The third kappa shape index (κ3) is 4.25. The van der Waals surface area contributed by atoms with E-state index in [4.69, 9.17) is 8.83 Å². The minimum atomic E-state index is 0.875. The molecule has 2 heterocycles. The van der Waals surface area contributed by atoms with Gasteiger partial charge in [0.2, 0.25) is 0 Å². The Morgan fingerprint density at radius 1 is 0.250 bits per heavy atom. The number of fused-ring (bicyclic) bond motifs is 8. The first-order chi connectivity index (χ1) is 25.8. The van der Waals surface area contributed by atoms with Gasteiger partial charge in [0.1, 0.15) is 22.3 Å². The van der Waals surface area contributed by atoms with Gasteiger partial charge in [0, 0.05) is 27.1 Å². The fourth-order valence-corrected chi connectivity index (χ4v) is 8.45. The quantitative estimate of drug-likeness (QED) is 0.175. The van der Waals surface area contributed by atoms with Gasteiger partial charge in [-0.2, -0.15) is 0 Å². The minimum absolute atomic E-state index is 0.875. The van der Waals surface area contributed by atoms with Crippen molar-refractivity contribution < 1.29 is 8.83 Å². The number of benzene rings is 9. The normalized spacial score (nSPS) is 11.8. The van der Waals surface area contributed by atoms with Gasteiger partial charge in [0.05, 0.1) is 0 Å². The lowest BCUT2D eigenvalue weighted by Crippen LogP contribution is -1.91. The van der Waals surface area contributed by atoms with Gasteiger partial charge in [0.15, 0.2) is 0 Å². The Bertz CT molecular complexity index is 3100. The Labute approximate surface area is 299 Å². The van der Waals surface area contributed by atoms with Crippen LogP contribution >= 0.6 is 0 Å². The second-order valence-corrected chi connectivity index (χ2v) is 13.5. The molecule has 0 atom stereocenters. The van der Waals surface area contributed by atoms with Gasteiger partial charge in [-0.1, -0.05) is 158 Å². The summed E-state index contributed by atoms with van der Waals surface area (Å²) in [6, 6.07) is 64.9. The maximum atomic E-state index is 6.74. The highest BCUT2D eigenvalue weighted by Crippen LogP contribution is 2.47. The molecular weight excluding hydrogens is 633 g/mol. The van der Waals surface area contributed by atoms with Crippen molar-refractivity contribution in [2.45, 2.75) is 0 Å². The molecule has 2 aromatic heterocycles. The van der Waals surface area contributed by atoms with Crippen molar-refractivity contribution in [3.8, 4) is 44.5 Å². The van der Waals surface area contributed by atoms with Crippen molar-refractivity contribution in [3.63, 3.8) is 0 Å². The van der Waals surface area contributed by atoms with Crippen LogP contribution in [0.4, 0.5) is 0 Å². The molecule has 0 unspecified atom stereocenters. The number of hydrogen-bond donors (Lipinski definition) is 0. The van der Waals surface area contributed by atoms with Gasteiger partial charge < -0.3 is 8.83 Å². The smallest absolute Gasteiger partial charge is 0.143 e. The average molecular weight is 663 g/mol. The molecule has 0 fully saturated rings. The molecule has 0 N–H and O–H groups in total. The molecule has 0 radical (unpaired) electrons. The van der Waals surface area contributed by atoms with Gasteiger partial charge in [0.25, 0.3) is 0 Å². The molecule has 242 valence electrons. The standard InChI is InChI=1S/C50H30O2/c1-2-13-32(14-3-1)46-35-15-4-6-17-37(35)47(38-18-7-5-16-36(38)46)33-27-25-31(26-28-33)34-29-30-40(50-49(34)42-20-9-11-23-44(42)52-50)39-21-12-24-45-48(39)41-19-8-10-22-43(41)51-45/h1-30H. The lowest BCUT2D eigenvalue weighted by molar-refractivity contribution is 0.668. The van der Waals surface area contributed by atoms with Gasteiger partial charge in [-0.15, -0.1) is 0 Å². The molecule has 11 aromatic rings. The fraction of sp³-hybridized carbons (Fsp3) is 0. The molecule has 0 saturated carbocycles. The highest BCUT2D eigenvalue weighted by molar-refractivity contribution is 6.22. The Kier molecular flexibility index (Phi) is 6.28. The van der Waals surface area contributed by atoms with Crippen LogP contribution in [0.3, 0.4) is 0 Å². The van der Waals surface area contributed by atoms with E-state index in [1.807, 2.05) is 24.3 Å². The van der Waals surface area contributed by atoms with Crippen molar-refractivity contribution in [1.29, 1.82) is 0 Å². The predicted octanol–water partition coefficient (Wildman–Crippen LogP) is 14.5. The summed E-state index contributed by atoms with van der Waals surface area (Å²) in [5.41, 5.74) is 12.9. The second kappa shape index (κ2) is 11.3. The van der Waals surface area contributed by atoms with Crippen molar-refractivity contribution in [2.75, 3.05) is 0 Å². The summed E-state index contributed by atoms with van der Waals surface area (Å²) in [5.74, 6) is 0. The van der Waals surface area contributed by atoms with Crippen LogP contribution in [0, 0.1) is 0 Å². The van der Waals surface area contributed by atoms with Crippen LogP contribution in [-0.4, -0.2) is 0 Å². The highest BCUT2D eigenvalue weighted by Gasteiger charge is 2.21. The van der Waals surface area contributed by atoms with E-state index < -0.39 is 0 Å². The lowest BCUT2D eigenvalue weighted by Gasteiger charge is -2.18. The highest BCUT2D eigenvalue weighted by atomic mass is 16.3. The first kappa shape index (κ1) is 28.9. The maximum Gasteiger partial charge on any atom is 0.143 e. The summed E-state index contributed by atoms with van der Waals surface area (Å²) in [7, 11) is 0. The fourth-order valence-electron chi connectivity index (χ4n) is 8.45. The van der Waals surface area contributed by atoms with E-state index in [0.29, 0.717) is 0 Å². The van der Waals surface area contributed by atoms with Crippen LogP contribution in [0.1, 0.15) is 0 Å². The first-order valence-electron chi connectivity index (χ1n) is 17.8. The zero-order valence-electron chi connectivity index (χ0n) is 28.1. The van der Waals surface area contributed by atoms with Crippen LogP contribution in [0.15, 0.2) is 191 Å². The summed E-state index contributed by atoms with van der Waals surface area (Å²) in [4.78, 5) is 0. The summed E-state index contributed by atoms with van der Waals surface area (Å²) in [6.45, 7) is 0. The van der Waals surface area contributed by atoms with E-state index in [1.54, 1.807) is 0 Å². The summed E-state index contributed by atoms with van der Waals surface area (Å²) in [6.07, 6.45) is 0. The van der Waals surface area contributed by atoms with E-state index in [-0.39, 0.29) is 0 Å². The van der Waals surface area contributed by atoms with E-state index in [1.165, 1.54) is 43.8 Å². The van der Waals surface area contributed by atoms with Gasteiger partial charge in [-0.25, -0.2) is 0 Å². The molecule has 0 spiro atoms. The van der Waals surface area contributed by atoms with Crippen LogP contribution in [0.2, 0.25) is 0 Å². The Hall–Kier alpha value is -6.90. The maximum absolute atomic E-state index is 6.74. The molecule has 0 aliphatic heterocycles. The molecule has 0 aliphatic rings. The summed E-state index contributed by atoms with van der Waals surface area (Å²) >= 11 is 0. The Balaban J connectivity index is 1.12. The van der Waals surface area contributed by atoms with Crippen molar-refractivity contribution >= 4 is 65.4 Å². The number of furan rings is 2. The van der Waals surface area contributed by atoms with Gasteiger partial charge in [-0.3, -0.25) is 0 Å². The van der Waals surface area contributed by atoms with E-state index in [9.17, 15) is 0 Å². The minimum Gasteiger partial charge on any atom is -0.456 e. The molecule has 2 heteroatoms. The third-order valence-corrected chi connectivity index (χ3v) is 10.7. The SMILES string of the molecule is c1ccc(-c2c3ccccc3c(-c3ccc(-c4ccc(-c5cccc6oc7ccccc7c56)c5oc6ccccc6c45)cc3)c3ccccc23)cc1. The van der Waals surface area contributed by atoms with Crippen LogP contribution < -0.4 is 0 Å². The van der Waals surface area contributed by atoms with Crippen LogP contribution in [-0.2, 0) is 0 Å². The molecule has 0 aliphatic carbocycles. The molecule has 2 nitrogen and oxygen atoms in total. The average Bonchev–Trinajstić information content (AvgIpc) is 3.79. The number of rotatable bonds is 4. The monoisotopic (exact) mass is 662 g/mol. The van der Waals surface area contributed by atoms with E-state index >= 15 is 0 Å². The first-order valence-corrected chi connectivity index (χ1v) is 17.8. The van der Waals surface area contributed by atoms with Crippen molar-refractivity contribution in [2.24, 2.45) is 0 Å². The lowest BCUT2D eigenvalue weighted by atomic mass is 9.85. The Morgan fingerprint density at radius 3 is 1.35 bits per heavy atom. The number of hydrogen-bond acceptors (Lipinski definition) is 2.